The molecule has 0 saturated heterocycles. The smallest absolute Gasteiger partial charge is 0.122 e. The van der Waals surface area contributed by atoms with Crippen molar-refractivity contribution in [3.05, 3.63) is 28.8 Å². The van der Waals surface area contributed by atoms with E-state index in [0.29, 0.717) is 19.3 Å². The molecule has 0 aliphatic rings. The fourth-order valence-electron chi connectivity index (χ4n) is 1.99. The molecule has 0 spiro atoms. The van der Waals surface area contributed by atoms with Gasteiger partial charge in [-0.3, -0.25) is 0 Å². The minimum Gasteiger partial charge on any atom is -0.491 e. The van der Waals surface area contributed by atoms with Crippen LogP contribution in [0.1, 0.15) is 37.0 Å². The van der Waals surface area contributed by atoms with E-state index in [1.807, 2.05) is 0 Å². The van der Waals surface area contributed by atoms with Gasteiger partial charge in [-0.05, 0) is 56.9 Å². The number of aryl methyl sites for hydroxylation is 2. The highest BCUT2D eigenvalue weighted by Gasteiger charge is 2.03. The number of nitrogens with one attached hydrogen (secondary N) is 1. The Bertz CT molecular complexity index is 404. The Morgan fingerprint density at radius 3 is 2.55 bits per heavy atom. The van der Waals surface area contributed by atoms with Gasteiger partial charge in [-0.2, -0.15) is 0 Å². The van der Waals surface area contributed by atoms with E-state index in [2.05, 4.69) is 52.1 Å². The maximum absolute atomic E-state index is 5.80. The van der Waals surface area contributed by atoms with E-state index in [1.54, 1.807) is 0 Å². The minimum atomic E-state index is 0.563. The average Bonchev–Trinajstić information content (AvgIpc) is 2.42. The van der Waals surface area contributed by atoms with E-state index in [0.717, 1.165) is 25.3 Å². The summed E-state index contributed by atoms with van der Waals surface area (Å²) in [7, 11) is 0. The molecule has 20 heavy (non-hydrogen) atoms. The summed E-state index contributed by atoms with van der Waals surface area (Å²) in [5.74, 6) is 0.976. The summed E-state index contributed by atoms with van der Waals surface area (Å²) in [4.78, 5) is 0. The first-order chi connectivity index (χ1) is 9.54. The van der Waals surface area contributed by atoms with Crippen LogP contribution in [-0.4, -0.2) is 32.4 Å². The Morgan fingerprint density at radius 2 is 1.85 bits per heavy atom. The van der Waals surface area contributed by atoms with Crippen LogP contribution >= 0.6 is 0 Å². The van der Waals surface area contributed by atoms with Gasteiger partial charge in [0.05, 0.1) is 13.2 Å². The Balaban J connectivity index is 2.19. The minimum absolute atomic E-state index is 0.563. The van der Waals surface area contributed by atoms with E-state index in [1.165, 1.54) is 16.7 Å². The zero-order chi connectivity index (χ0) is 15.0. The number of hydrogen-bond acceptors (Lipinski definition) is 3. The predicted molar refractivity (Wildman–Crippen MR) is 84.7 cm³/mol. The molecule has 0 saturated carbocycles. The molecule has 3 nitrogen and oxygen atoms in total. The van der Waals surface area contributed by atoms with Crippen molar-refractivity contribution in [2.45, 2.75) is 47.1 Å². The summed E-state index contributed by atoms with van der Waals surface area (Å²) >= 11 is 0. The highest BCUT2D eigenvalue weighted by Crippen LogP contribution is 2.23. The van der Waals surface area contributed by atoms with Crippen molar-refractivity contribution in [3.8, 4) is 5.75 Å². The molecule has 1 atom stereocenters. The molecule has 0 fully saturated rings. The normalized spacial score (nSPS) is 12.4. The summed E-state index contributed by atoms with van der Waals surface area (Å²) in [6, 6.07) is 4.83. The standard InChI is InChI=1S/C17H29NO2/c1-6-15(4)18-7-8-19-9-10-20-17-12-13(2)11-14(3)16(17)5/h11-12,15,18H,6-10H2,1-5H3/t15-/m1/s1. The summed E-state index contributed by atoms with van der Waals surface area (Å²) in [5.41, 5.74) is 3.73. The first-order valence-corrected chi connectivity index (χ1v) is 7.56. The topological polar surface area (TPSA) is 30.5 Å². The second kappa shape index (κ2) is 8.98. The van der Waals surface area contributed by atoms with Gasteiger partial charge in [0.25, 0.3) is 0 Å². The number of benzene rings is 1. The Labute approximate surface area is 123 Å². The maximum Gasteiger partial charge on any atom is 0.122 e. The number of ether oxygens (including phenoxy) is 2. The van der Waals surface area contributed by atoms with Gasteiger partial charge in [-0.15, -0.1) is 0 Å². The van der Waals surface area contributed by atoms with Crippen molar-refractivity contribution in [1.82, 2.24) is 5.32 Å². The van der Waals surface area contributed by atoms with Crippen molar-refractivity contribution in [2.24, 2.45) is 0 Å². The molecule has 0 amide bonds. The fraction of sp³-hybridized carbons (Fsp3) is 0.647. The molecule has 0 aromatic heterocycles. The van der Waals surface area contributed by atoms with Crippen LogP contribution < -0.4 is 10.1 Å². The van der Waals surface area contributed by atoms with Crippen LogP contribution in [0.25, 0.3) is 0 Å². The van der Waals surface area contributed by atoms with Gasteiger partial charge in [0, 0.05) is 12.6 Å². The van der Waals surface area contributed by atoms with Gasteiger partial charge < -0.3 is 14.8 Å². The zero-order valence-corrected chi connectivity index (χ0v) is 13.6. The zero-order valence-electron chi connectivity index (χ0n) is 13.6. The molecule has 1 N–H and O–H groups in total. The van der Waals surface area contributed by atoms with E-state index in [9.17, 15) is 0 Å². The van der Waals surface area contributed by atoms with Gasteiger partial charge in [0.15, 0.2) is 0 Å². The lowest BCUT2D eigenvalue weighted by Crippen LogP contribution is -2.29. The predicted octanol–water partition coefficient (Wildman–Crippen LogP) is 3.40. The number of rotatable bonds is 9. The second-order valence-electron chi connectivity index (χ2n) is 5.43. The molecule has 0 aliphatic heterocycles. The first-order valence-electron chi connectivity index (χ1n) is 7.56. The summed E-state index contributed by atoms with van der Waals surface area (Å²) in [6.45, 7) is 13.5. The van der Waals surface area contributed by atoms with E-state index >= 15 is 0 Å². The molecule has 1 rings (SSSR count). The SMILES string of the molecule is CC[C@@H](C)NCCOCCOc1cc(C)cc(C)c1C. The monoisotopic (exact) mass is 279 g/mol. The van der Waals surface area contributed by atoms with Crippen molar-refractivity contribution in [3.63, 3.8) is 0 Å². The molecule has 114 valence electrons. The maximum atomic E-state index is 5.80. The molecular weight excluding hydrogens is 250 g/mol. The largest absolute Gasteiger partial charge is 0.491 e. The third-order valence-corrected chi connectivity index (χ3v) is 3.60. The fourth-order valence-corrected chi connectivity index (χ4v) is 1.99. The third-order valence-electron chi connectivity index (χ3n) is 3.60. The Kier molecular flexibility index (Phi) is 7.63. The highest BCUT2D eigenvalue weighted by atomic mass is 16.5. The quantitative estimate of drug-likeness (QED) is 0.703. The van der Waals surface area contributed by atoms with Crippen LogP contribution in [0.4, 0.5) is 0 Å². The van der Waals surface area contributed by atoms with Gasteiger partial charge in [0.2, 0.25) is 0 Å². The molecule has 0 heterocycles. The van der Waals surface area contributed by atoms with Gasteiger partial charge in [-0.1, -0.05) is 13.0 Å². The van der Waals surface area contributed by atoms with Crippen molar-refractivity contribution < 1.29 is 9.47 Å². The lowest BCUT2D eigenvalue weighted by Gasteiger charge is -2.13. The lowest BCUT2D eigenvalue weighted by molar-refractivity contribution is 0.100. The Hall–Kier alpha value is -1.06. The molecule has 0 radical (unpaired) electrons. The van der Waals surface area contributed by atoms with Crippen LogP contribution in [0.5, 0.6) is 5.75 Å². The van der Waals surface area contributed by atoms with Crippen molar-refractivity contribution >= 4 is 0 Å². The van der Waals surface area contributed by atoms with Crippen LogP contribution in [0, 0.1) is 20.8 Å². The molecule has 1 aromatic carbocycles. The lowest BCUT2D eigenvalue weighted by atomic mass is 10.1. The molecular formula is C17H29NO2. The van der Waals surface area contributed by atoms with Gasteiger partial charge in [-0.25, -0.2) is 0 Å². The van der Waals surface area contributed by atoms with E-state index in [-0.39, 0.29) is 0 Å². The molecule has 0 aliphatic carbocycles. The molecule has 0 unspecified atom stereocenters. The van der Waals surface area contributed by atoms with Crippen LogP contribution in [0.2, 0.25) is 0 Å². The molecule has 3 heteroatoms. The van der Waals surface area contributed by atoms with Crippen LogP contribution in [0.15, 0.2) is 12.1 Å². The van der Waals surface area contributed by atoms with E-state index in [4.69, 9.17) is 9.47 Å². The first kappa shape index (κ1) is 17.0. The average molecular weight is 279 g/mol. The summed E-state index contributed by atoms with van der Waals surface area (Å²) < 4.78 is 11.4. The van der Waals surface area contributed by atoms with Crippen molar-refractivity contribution in [1.29, 1.82) is 0 Å². The molecule has 1 aromatic rings. The van der Waals surface area contributed by atoms with Crippen molar-refractivity contribution in [2.75, 3.05) is 26.4 Å². The van der Waals surface area contributed by atoms with Crippen LogP contribution in [-0.2, 0) is 4.74 Å². The van der Waals surface area contributed by atoms with E-state index < -0.39 is 0 Å². The highest BCUT2D eigenvalue weighted by molar-refractivity contribution is 5.41. The van der Waals surface area contributed by atoms with Gasteiger partial charge >= 0.3 is 0 Å². The number of hydrogen-bond donors (Lipinski definition) is 1. The van der Waals surface area contributed by atoms with Gasteiger partial charge in [0.1, 0.15) is 12.4 Å². The second-order valence-corrected chi connectivity index (χ2v) is 5.43. The summed E-state index contributed by atoms with van der Waals surface area (Å²) in [5, 5.41) is 3.40. The summed E-state index contributed by atoms with van der Waals surface area (Å²) in [6.07, 6.45) is 1.15. The van der Waals surface area contributed by atoms with Crippen LogP contribution in [0.3, 0.4) is 0 Å². The third kappa shape index (κ3) is 5.93. The molecule has 0 bridgehead atoms. The Morgan fingerprint density at radius 1 is 1.10 bits per heavy atom.